The number of hydrogen-bond acceptors (Lipinski definition) is 4. The Bertz CT molecular complexity index is 676. The average Bonchev–Trinajstić information content (AvgIpc) is 3.10. The van der Waals surface area contributed by atoms with E-state index in [4.69, 9.17) is 0 Å². The van der Waals surface area contributed by atoms with Crippen molar-refractivity contribution < 1.29 is 4.79 Å². The second kappa shape index (κ2) is 5.03. The first-order chi connectivity index (χ1) is 9.33. The van der Waals surface area contributed by atoms with Gasteiger partial charge >= 0.3 is 0 Å². The van der Waals surface area contributed by atoms with E-state index in [0.29, 0.717) is 10.7 Å². The molecular formula is C13H10N4OS. The van der Waals surface area contributed by atoms with Crippen molar-refractivity contribution in [2.45, 2.75) is 0 Å². The van der Waals surface area contributed by atoms with Gasteiger partial charge in [-0.1, -0.05) is 29.5 Å². The lowest BCUT2D eigenvalue weighted by atomic mass is 10.2. The molecular weight excluding hydrogens is 260 g/mol. The zero-order valence-electron chi connectivity index (χ0n) is 9.83. The molecule has 6 heteroatoms. The van der Waals surface area contributed by atoms with Crippen molar-refractivity contribution in [3.63, 3.8) is 0 Å². The fraction of sp³-hybridized carbons (Fsp3) is 0. The van der Waals surface area contributed by atoms with Gasteiger partial charge in [-0.3, -0.25) is 10.1 Å². The highest BCUT2D eigenvalue weighted by Gasteiger charge is 2.11. The standard InChI is InChI=1S/C13H10N4OS/c18-11(9-5-2-1-3-6-9)15-13-17-16-12(19-13)10-7-4-8-14-10/h1-8,14H,(H,15,17,18). The number of aromatic amines is 1. The third kappa shape index (κ3) is 2.53. The summed E-state index contributed by atoms with van der Waals surface area (Å²) in [6.07, 6.45) is 1.82. The highest BCUT2D eigenvalue weighted by molar-refractivity contribution is 7.18. The molecule has 0 spiro atoms. The lowest BCUT2D eigenvalue weighted by molar-refractivity contribution is 0.102. The molecule has 3 aromatic rings. The Labute approximate surface area is 113 Å². The van der Waals surface area contributed by atoms with E-state index in [9.17, 15) is 4.79 Å². The molecule has 0 atom stereocenters. The average molecular weight is 270 g/mol. The number of anilines is 1. The molecule has 1 amide bonds. The van der Waals surface area contributed by atoms with Gasteiger partial charge in [-0.05, 0) is 24.3 Å². The molecule has 3 rings (SSSR count). The molecule has 0 unspecified atom stereocenters. The van der Waals surface area contributed by atoms with Crippen molar-refractivity contribution in [1.82, 2.24) is 15.2 Å². The van der Waals surface area contributed by atoms with Gasteiger partial charge in [0.1, 0.15) is 0 Å². The molecule has 0 aliphatic heterocycles. The summed E-state index contributed by atoms with van der Waals surface area (Å²) in [5, 5.41) is 11.9. The molecule has 0 radical (unpaired) electrons. The van der Waals surface area contributed by atoms with Gasteiger partial charge in [0.05, 0.1) is 5.69 Å². The molecule has 19 heavy (non-hydrogen) atoms. The fourth-order valence-corrected chi connectivity index (χ4v) is 2.33. The lowest BCUT2D eigenvalue weighted by Crippen LogP contribution is -2.11. The summed E-state index contributed by atoms with van der Waals surface area (Å²) in [7, 11) is 0. The zero-order valence-corrected chi connectivity index (χ0v) is 10.6. The Morgan fingerprint density at radius 3 is 2.68 bits per heavy atom. The number of carbonyl (C=O) groups excluding carboxylic acids is 1. The Morgan fingerprint density at radius 1 is 1.11 bits per heavy atom. The van der Waals surface area contributed by atoms with Crippen LogP contribution in [0, 0.1) is 0 Å². The zero-order chi connectivity index (χ0) is 13.1. The molecule has 0 aliphatic rings. The maximum absolute atomic E-state index is 11.9. The molecule has 0 bridgehead atoms. The normalized spacial score (nSPS) is 10.3. The highest BCUT2D eigenvalue weighted by Crippen LogP contribution is 2.24. The molecule has 94 valence electrons. The van der Waals surface area contributed by atoms with Gasteiger partial charge in [0, 0.05) is 11.8 Å². The van der Waals surface area contributed by atoms with Gasteiger partial charge in [-0.2, -0.15) is 0 Å². The van der Waals surface area contributed by atoms with E-state index >= 15 is 0 Å². The van der Waals surface area contributed by atoms with E-state index in [-0.39, 0.29) is 5.91 Å². The minimum Gasteiger partial charge on any atom is -0.359 e. The molecule has 2 N–H and O–H groups in total. The molecule has 0 aliphatic carbocycles. The molecule has 2 aromatic heterocycles. The van der Waals surface area contributed by atoms with E-state index in [1.54, 1.807) is 12.1 Å². The molecule has 2 heterocycles. The summed E-state index contributed by atoms with van der Waals surface area (Å²) in [6, 6.07) is 12.8. The van der Waals surface area contributed by atoms with Crippen LogP contribution in [0.1, 0.15) is 10.4 Å². The number of rotatable bonds is 3. The Hall–Kier alpha value is -2.47. The quantitative estimate of drug-likeness (QED) is 0.768. The molecule has 0 fully saturated rings. The Morgan fingerprint density at radius 2 is 1.95 bits per heavy atom. The van der Waals surface area contributed by atoms with Crippen LogP contribution >= 0.6 is 11.3 Å². The predicted octanol–water partition coefficient (Wildman–Crippen LogP) is 2.79. The highest BCUT2D eigenvalue weighted by atomic mass is 32.1. The van der Waals surface area contributed by atoms with Crippen LogP contribution < -0.4 is 5.32 Å². The lowest BCUT2D eigenvalue weighted by Gasteiger charge is -1.99. The number of amides is 1. The van der Waals surface area contributed by atoms with E-state index < -0.39 is 0 Å². The van der Waals surface area contributed by atoms with Crippen LogP contribution in [-0.4, -0.2) is 21.1 Å². The second-order valence-corrected chi connectivity index (χ2v) is 4.79. The summed E-state index contributed by atoms with van der Waals surface area (Å²) in [5.41, 5.74) is 1.48. The van der Waals surface area contributed by atoms with E-state index in [2.05, 4.69) is 20.5 Å². The smallest absolute Gasteiger partial charge is 0.257 e. The largest absolute Gasteiger partial charge is 0.359 e. The van der Waals surface area contributed by atoms with Crippen LogP contribution in [-0.2, 0) is 0 Å². The van der Waals surface area contributed by atoms with Gasteiger partial charge in [-0.25, -0.2) is 0 Å². The fourth-order valence-electron chi connectivity index (χ4n) is 1.60. The minimum absolute atomic E-state index is 0.185. The van der Waals surface area contributed by atoms with Crippen molar-refractivity contribution >= 4 is 22.4 Å². The molecule has 1 aromatic carbocycles. The topological polar surface area (TPSA) is 70.7 Å². The minimum atomic E-state index is -0.185. The van der Waals surface area contributed by atoms with Crippen LogP contribution in [0.5, 0.6) is 0 Å². The van der Waals surface area contributed by atoms with Crippen molar-refractivity contribution in [3.05, 3.63) is 54.2 Å². The first-order valence-corrected chi connectivity index (χ1v) is 6.48. The molecule has 0 saturated carbocycles. The van der Waals surface area contributed by atoms with Gasteiger partial charge < -0.3 is 4.98 Å². The number of nitrogens with zero attached hydrogens (tertiary/aromatic N) is 2. The third-order valence-corrected chi connectivity index (χ3v) is 3.38. The second-order valence-electron chi connectivity index (χ2n) is 3.82. The van der Waals surface area contributed by atoms with Crippen molar-refractivity contribution in [1.29, 1.82) is 0 Å². The maximum atomic E-state index is 11.9. The maximum Gasteiger partial charge on any atom is 0.257 e. The first-order valence-electron chi connectivity index (χ1n) is 5.66. The van der Waals surface area contributed by atoms with Crippen LogP contribution in [0.15, 0.2) is 48.7 Å². The Kier molecular flexibility index (Phi) is 3.07. The summed E-state index contributed by atoms with van der Waals surface area (Å²) < 4.78 is 0. The van der Waals surface area contributed by atoms with Crippen LogP contribution in [0.3, 0.4) is 0 Å². The van der Waals surface area contributed by atoms with E-state index in [1.807, 2.05) is 36.5 Å². The SMILES string of the molecule is O=C(Nc1nnc(-c2ccc[nH]2)s1)c1ccccc1. The summed E-state index contributed by atoms with van der Waals surface area (Å²) >= 11 is 1.33. The summed E-state index contributed by atoms with van der Waals surface area (Å²) in [4.78, 5) is 15.0. The van der Waals surface area contributed by atoms with Gasteiger partial charge in [0.15, 0.2) is 5.01 Å². The van der Waals surface area contributed by atoms with Crippen molar-refractivity contribution in [2.24, 2.45) is 0 Å². The number of H-pyrrole nitrogens is 1. The molecule has 5 nitrogen and oxygen atoms in total. The van der Waals surface area contributed by atoms with E-state index in [0.717, 1.165) is 10.7 Å². The van der Waals surface area contributed by atoms with Gasteiger partial charge in [0.2, 0.25) is 5.13 Å². The summed E-state index contributed by atoms with van der Waals surface area (Å²) in [5.74, 6) is -0.185. The number of nitrogens with one attached hydrogen (secondary N) is 2. The number of aromatic nitrogens is 3. The first kappa shape index (κ1) is 11.6. The van der Waals surface area contributed by atoms with Crippen molar-refractivity contribution in [2.75, 3.05) is 5.32 Å². The van der Waals surface area contributed by atoms with Crippen molar-refractivity contribution in [3.8, 4) is 10.7 Å². The van der Waals surface area contributed by atoms with Gasteiger partial charge in [0.25, 0.3) is 5.91 Å². The molecule has 0 saturated heterocycles. The van der Waals surface area contributed by atoms with Crippen LogP contribution in [0.4, 0.5) is 5.13 Å². The van der Waals surface area contributed by atoms with Crippen LogP contribution in [0.2, 0.25) is 0 Å². The Balaban J connectivity index is 1.76. The third-order valence-electron chi connectivity index (χ3n) is 2.51. The number of hydrogen-bond donors (Lipinski definition) is 2. The van der Waals surface area contributed by atoms with Gasteiger partial charge in [-0.15, -0.1) is 10.2 Å². The predicted molar refractivity (Wildman–Crippen MR) is 74.1 cm³/mol. The number of carbonyl (C=O) groups is 1. The van der Waals surface area contributed by atoms with E-state index in [1.165, 1.54) is 11.3 Å². The monoisotopic (exact) mass is 270 g/mol. The summed E-state index contributed by atoms with van der Waals surface area (Å²) in [6.45, 7) is 0. The van der Waals surface area contributed by atoms with Crippen LogP contribution in [0.25, 0.3) is 10.7 Å². The number of benzene rings is 1.